The highest BCUT2D eigenvalue weighted by Crippen LogP contribution is 2.14. The van der Waals surface area contributed by atoms with E-state index in [1.807, 2.05) is 13.8 Å². The van der Waals surface area contributed by atoms with Crippen LogP contribution in [0.15, 0.2) is 0 Å². The summed E-state index contributed by atoms with van der Waals surface area (Å²) in [6, 6.07) is 0. The molecule has 0 unspecified atom stereocenters. The number of hydrogen-bond donors (Lipinski definition) is 0. The molecule has 1 nitrogen and oxygen atoms in total. The van der Waals surface area contributed by atoms with Crippen LogP contribution in [0.1, 0.15) is 15.6 Å². The van der Waals surface area contributed by atoms with Gasteiger partial charge >= 0.3 is 0 Å². The standard InChI is InChI=1S/C6H9NS.BH3/c1-4-5(2)8-6(3)7-4;/h1-3H3;1H3. The zero-order chi connectivity index (χ0) is 6.15. The van der Waals surface area contributed by atoms with E-state index in [0.717, 1.165) is 0 Å². The molecule has 50 valence electrons. The Kier molecular flexibility index (Phi) is 2.91. The Hall–Kier alpha value is -0.305. The normalized spacial score (nSPS) is 8.78. The molecule has 0 saturated heterocycles. The number of nitrogens with zero attached hydrogens (tertiary/aromatic N) is 1. The lowest BCUT2D eigenvalue weighted by Crippen LogP contribution is -1.71. The number of rotatable bonds is 0. The fourth-order valence-electron chi connectivity index (χ4n) is 0.633. The third-order valence-electron chi connectivity index (χ3n) is 1.14. The quantitative estimate of drug-likeness (QED) is 0.489. The molecule has 0 bridgehead atoms. The topological polar surface area (TPSA) is 12.9 Å². The van der Waals surface area contributed by atoms with Gasteiger partial charge in [0.15, 0.2) is 0 Å². The van der Waals surface area contributed by atoms with Crippen molar-refractivity contribution in [2.75, 3.05) is 0 Å². The van der Waals surface area contributed by atoms with Crippen molar-refractivity contribution < 1.29 is 0 Å². The number of aromatic nitrogens is 1. The molecule has 0 aliphatic rings. The van der Waals surface area contributed by atoms with Gasteiger partial charge in [-0.15, -0.1) is 11.3 Å². The fourth-order valence-corrected chi connectivity index (χ4v) is 1.45. The van der Waals surface area contributed by atoms with Crippen LogP contribution in [-0.2, 0) is 0 Å². The minimum Gasteiger partial charge on any atom is -0.247 e. The first-order valence-electron chi connectivity index (χ1n) is 2.61. The molecule has 0 radical (unpaired) electrons. The summed E-state index contributed by atoms with van der Waals surface area (Å²) >= 11 is 1.76. The second-order valence-corrected chi connectivity index (χ2v) is 3.28. The highest BCUT2D eigenvalue weighted by Gasteiger charge is 1.95. The van der Waals surface area contributed by atoms with Gasteiger partial charge in [0.25, 0.3) is 0 Å². The molecule has 9 heavy (non-hydrogen) atoms. The lowest BCUT2D eigenvalue weighted by atomic mass is 10.4. The van der Waals surface area contributed by atoms with Gasteiger partial charge in [0.05, 0.1) is 19.1 Å². The van der Waals surface area contributed by atoms with E-state index in [9.17, 15) is 0 Å². The van der Waals surface area contributed by atoms with E-state index in [0.29, 0.717) is 0 Å². The Morgan fingerprint density at radius 3 is 1.89 bits per heavy atom. The van der Waals surface area contributed by atoms with Crippen LogP contribution in [0.25, 0.3) is 0 Å². The third kappa shape index (κ3) is 1.82. The van der Waals surface area contributed by atoms with E-state index in [-0.39, 0.29) is 8.41 Å². The molecule has 0 spiro atoms. The molecule has 1 aromatic heterocycles. The van der Waals surface area contributed by atoms with Crippen LogP contribution in [-0.4, -0.2) is 13.4 Å². The summed E-state index contributed by atoms with van der Waals surface area (Å²) in [6.45, 7) is 6.17. The highest BCUT2D eigenvalue weighted by atomic mass is 32.1. The molecule has 0 saturated carbocycles. The van der Waals surface area contributed by atoms with Crippen molar-refractivity contribution in [1.82, 2.24) is 4.98 Å². The highest BCUT2D eigenvalue weighted by molar-refractivity contribution is 7.11. The molecule has 0 aliphatic heterocycles. The molecular weight excluding hydrogens is 129 g/mol. The summed E-state index contributed by atoms with van der Waals surface area (Å²) in [5.74, 6) is 0. The summed E-state index contributed by atoms with van der Waals surface area (Å²) < 4.78 is 0. The number of hydrogen-bond acceptors (Lipinski definition) is 2. The summed E-state index contributed by atoms with van der Waals surface area (Å²) in [7, 11) is 0. The molecule has 0 fully saturated rings. The van der Waals surface area contributed by atoms with Crippen molar-refractivity contribution in [3.05, 3.63) is 15.6 Å². The smallest absolute Gasteiger partial charge is 0.0899 e. The molecule has 0 N–H and O–H groups in total. The molecule has 0 aliphatic carbocycles. The zero-order valence-corrected chi connectivity index (χ0v) is 6.17. The first kappa shape index (κ1) is 8.69. The van der Waals surface area contributed by atoms with Crippen molar-refractivity contribution in [2.24, 2.45) is 0 Å². The maximum atomic E-state index is 4.23. The van der Waals surface area contributed by atoms with Gasteiger partial charge < -0.3 is 0 Å². The fraction of sp³-hybridized carbons (Fsp3) is 0.500. The van der Waals surface area contributed by atoms with E-state index in [4.69, 9.17) is 0 Å². The maximum Gasteiger partial charge on any atom is 0.0899 e. The number of thiazole rings is 1. The van der Waals surface area contributed by atoms with Crippen LogP contribution in [0, 0.1) is 20.8 Å². The SMILES string of the molecule is B.Cc1nc(C)c(C)s1. The van der Waals surface area contributed by atoms with Gasteiger partial charge in [0.1, 0.15) is 0 Å². The van der Waals surface area contributed by atoms with Gasteiger partial charge in [-0.2, -0.15) is 0 Å². The van der Waals surface area contributed by atoms with Crippen LogP contribution in [0.3, 0.4) is 0 Å². The Morgan fingerprint density at radius 1 is 1.22 bits per heavy atom. The average molecular weight is 141 g/mol. The lowest BCUT2D eigenvalue weighted by molar-refractivity contribution is 1.18. The number of aryl methyl sites for hydroxylation is 3. The predicted molar refractivity (Wildman–Crippen MR) is 46.3 cm³/mol. The molecular formula is C6H12BNS. The van der Waals surface area contributed by atoms with Crippen LogP contribution < -0.4 is 0 Å². The van der Waals surface area contributed by atoms with Crippen LogP contribution >= 0.6 is 11.3 Å². The van der Waals surface area contributed by atoms with Crippen LogP contribution in [0.4, 0.5) is 0 Å². The summed E-state index contributed by atoms with van der Waals surface area (Å²) in [5, 5.41) is 1.17. The van der Waals surface area contributed by atoms with Crippen molar-refractivity contribution in [3.63, 3.8) is 0 Å². The van der Waals surface area contributed by atoms with Crippen molar-refractivity contribution in [2.45, 2.75) is 20.8 Å². The summed E-state index contributed by atoms with van der Waals surface area (Å²) in [5.41, 5.74) is 1.17. The van der Waals surface area contributed by atoms with Crippen molar-refractivity contribution >= 4 is 19.7 Å². The largest absolute Gasteiger partial charge is 0.247 e. The van der Waals surface area contributed by atoms with Gasteiger partial charge in [-0.3, -0.25) is 0 Å². The van der Waals surface area contributed by atoms with Gasteiger partial charge in [-0.25, -0.2) is 4.98 Å². The van der Waals surface area contributed by atoms with Gasteiger partial charge in [-0.05, 0) is 20.8 Å². The van der Waals surface area contributed by atoms with E-state index < -0.39 is 0 Å². The first-order chi connectivity index (χ1) is 3.70. The maximum absolute atomic E-state index is 4.23. The Morgan fingerprint density at radius 2 is 1.78 bits per heavy atom. The van der Waals surface area contributed by atoms with Crippen molar-refractivity contribution in [1.29, 1.82) is 0 Å². The Bertz CT molecular complexity index is 175. The summed E-state index contributed by atoms with van der Waals surface area (Å²) in [4.78, 5) is 5.56. The molecule has 0 atom stereocenters. The van der Waals surface area contributed by atoms with Gasteiger partial charge in [0, 0.05) is 4.88 Å². The predicted octanol–water partition coefficient (Wildman–Crippen LogP) is 0.884. The monoisotopic (exact) mass is 141 g/mol. The lowest BCUT2D eigenvalue weighted by Gasteiger charge is -1.77. The zero-order valence-electron chi connectivity index (χ0n) is 5.36. The molecule has 0 aromatic carbocycles. The first-order valence-corrected chi connectivity index (χ1v) is 3.42. The molecule has 1 rings (SSSR count). The van der Waals surface area contributed by atoms with E-state index in [1.165, 1.54) is 15.6 Å². The second kappa shape index (κ2) is 3.02. The van der Waals surface area contributed by atoms with Gasteiger partial charge in [-0.1, -0.05) is 0 Å². The van der Waals surface area contributed by atoms with Crippen molar-refractivity contribution in [3.8, 4) is 0 Å². The minimum atomic E-state index is 0. The second-order valence-electron chi connectivity index (χ2n) is 1.87. The molecule has 3 heteroatoms. The van der Waals surface area contributed by atoms with Crippen LogP contribution in [0.2, 0.25) is 0 Å². The Labute approximate surface area is 61.7 Å². The van der Waals surface area contributed by atoms with Gasteiger partial charge in [0.2, 0.25) is 0 Å². The summed E-state index contributed by atoms with van der Waals surface area (Å²) in [6.07, 6.45) is 0. The molecule has 1 aromatic rings. The van der Waals surface area contributed by atoms with E-state index in [1.54, 1.807) is 11.3 Å². The third-order valence-corrected chi connectivity index (χ3v) is 2.12. The average Bonchev–Trinajstić information content (AvgIpc) is 1.85. The molecule has 1 heterocycles. The molecule has 0 amide bonds. The van der Waals surface area contributed by atoms with E-state index in [2.05, 4.69) is 11.9 Å². The van der Waals surface area contributed by atoms with E-state index >= 15 is 0 Å². The van der Waals surface area contributed by atoms with Crippen LogP contribution in [0.5, 0.6) is 0 Å². The Balaban J connectivity index is 0.000000640. The minimum absolute atomic E-state index is 0.